The van der Waals surface area contributed by atoms with Crippen molar-refractivity contribution in [2.45, 2.75) is 12.5 Å². The van der Waals surface area contributed by atoms with E-state index in [0.717, 1.165) is 12.1 Å². The molecule has 1 amide bonds. The van der Waals surface area contributed by atoms with Gasteiger partial charge in [0.1, 0.15) is 6.04 Å². The van der Waals surface area contributed by atoms with Crippen molar-refractivity contribution in [3.8, 4) is 0 Å². The fraction of sp³-hybridized carbons (Fsp3) is 0.182. The molecule has 1 aliphatic heterocycles. The number of nitro groups is 1. The number of hydrogen-bond donors (Lipinski definition) is 0. The van der Waals surface area contributed by atoms with Crippen LogP contribution in [0.15, 0.2) is 34.8 Å². The number of halogens is 1. The maximum absolute atomic E-state index is 13.3. The zero-order valence-electron chi connectivity index (χ0n) is 9.17. The van der Waals surface area contributed by atoms with Gasteiger partial charge in [-0.2, -0.15) is 4.39 Å². The van der Waals surface area contributed by atoms with Crippen molar-refractivity contribution in [2.24, 2.45) is 9.98 Å². The lowest BCUT2D eigenvalue weighted by molar-refractivity contribution is -0.387. The number of nitro benzene ring substituents is 1. The Labute approximate surface area is 100 Å². The summed E-state index contributed by atoms with van der Waals surface area (Å²) in [5, 5.41) is 10.8. The van der Waals surface area contributed by atoms with Gasteiger partial charge in [0.2, 0.25) is 5.82 Å². The van der Waals surface area contributed by atoms with Gasteiger partial charge in [-0.3, -0.25) is 19.9 Å². The molecule has 2 rings (SSSR count). The molecule has 1 unspecified atom stereocenters. The van der Waals surface area contributed by atoms with Crippen LogP contribution in [-0.2, 0) is 4.79 Å². The summed E-state index contributed by atoms with van der Waals surface area (Å²) in [6.45, 7) is 3.48. The standard InChI is InChI=1S/C11H8FN3O3/c1-2-3-7-11(16)14-8-4-6(12)10(15(17)18)5-9(8)13-7/h2,4-5,7H,1,3H2. The smallest absolute Gasteiger partial charge is 0.270 e. The van der Waals surface area contributed by atoms with Gasteiger partial charge in [0.05, 0.1) is 15.6 Å². The van der Waals surface area contributed by atoms with Crippen molar-refractivity contribution in [1.29, 1.82) is 0 Å². The number of fused-ring (bicyclic) bond motifs is 1. The summed E-state index contributed by atoms with van der Waals surface area (Å²) in [5.74, 6) is -1.54. The molecule has 7 heteroatoms. The Morgan fingerprint density at radius 2 is 2.22 bits per heavy atom. The average Bonchev–Trinajstić information content (AvgIpc) is 2.30. The second-order valence-corrected chi connectivity index (χ2v) is 3.67. The number of carbonyl (C=O) groups excluding carboxylic acids is 1. The van der Waals surface area contributed by atoms with Crippen LogP contribution in [0.3, 0.4) is 0 Å². The van der Waals surface area contributed by atoms with Gasteiger partial charge in [0.25, 0.3) is 5.91 Å². The molecule has 1 aromatic rings. The highest BCUT2D eigenvalue weighted by Crippen LogP contribution is 2.12. The Balaban J connectivity index is 2.66. The molecular weight excluding hydrogens is 241 g/mol. The van der Waals surface area contributed by atoms with Gasteiger partial charge < -0.3 is 0 Å². The first-order valence-corrected chi connectivity index (χ1v) is 5.08. The van der Waals surface area contributed by atoms with Gasteiger partial charge in [-0.15, -0.1) is 6.58 Å². The Bertz CT molecular complexity index is 669. The topological polar surface area (TPSA) is 84.9 Å². The Kier molecular flexibility index (Phi) is 2.97. The molecule has 92 valence electrons. The van der Waals surface area contributed by atoms with Crippen LogP contribution in [0.25, 0.3) is 0 Å². The zero-order chi connectivity index (χ0) is 13.3. The highest BCUT2D eigenvalue weighted by molar-refractivity contribution is 5.83. The fourth-order valence-corrected chi connectivity index (χ4v) is 1.60. The van der Waals surface area contributed by atoms with Crippen LogP contribution in [0.1, 0.15) is 6.42 Å². The normalized spacial score (nSPS) is 17.4. The summed E-state index contributed by atoms with van der Waals surface area (Å²) < 4.78 is 13.3. The molecule has 0 saturated carbocycles. The number of rotatable bonds is 3. The molecule has 0 N–H and O–H groups in total. The Morgan fingerprint density at radius 1 is 1.50 bits per heavy atom. The van der Waals surface area contributed by atoms with Crippen LogP contribution in [0.2, 0.25) is 0 Å². The number of carbonyl (C=O) groups is 1. The van der Waals surface area contributed by atoms with Crippen molar-refractivity contribution in [2.75, 3.05) is 0 Å². The van der Waals surface area contributed by atoms with E-state index in [0.29, 0.717) is 0 Å². The maximum Gasteiger partial charge on any atom is 0.307 e. The number of hydrogen-bond acceptors (Lipinski definition) is 4. The first-order valence-electron chi connectivity index (χ1n) is 5.08. The van der Waals surface area contributed by atoms with Crippen molar-refractivity contribution in [3.05, 3.63) is 51.4 Å². The van der Waals surface area contributed by atoms with Crippen molar-refractivity contribution in [3.63, 3.8) is 0 Å². The molecule has 0 fully saturated rings. The predicted molar refractivity (Wildman–Crippen MR) is 59.0 cm³/mol. The lowest BCUT2D eigenvalue weighted by Gasteiger charge is -2.08. The fourth-order valence-electron chi connectivity index (χ4n) is 1.60. The van der Waals surface area contributed by atoms with Crippen LogP contribution in [0, 0.1) is 15.9 Å². The third-order valence-corrected chi connectivity index (χ3v) is 2.44. The molecule has 0 aliphatic carbocycles. The average molecular weight is 249 g/mol. The molecule has 0 spiro atoms. The molecule has 1 aromatic carbocycles. The van der Waals surface area contributed by atoms with Crippen molar-refractivity contribution >= 4 is 11.6 Å². The van der Waals surface area contributed by atoms with E-state index in [1.165, 1.54) is 6.08 Å². The molecule has 0 bridgehead atoms. The van der Waals surface area contributed by atoms with E-state index >= 15 is 0 Å². The van der Waals surface area contributed by atoms with E-state index in [2.05, 4.69) is 16.6 Å². The van der Waals surface area contributed by atoms with E-state index in [-0.39, 0.29) is 17.1 Å². The van der Waals surface area contributed by atoms with Gasteiger partial charge >= 0.3 is 5.69 Å². The summed E-state index contributed by atoms with van der Waals surface area (Å²) in [4.78, 5) is 28.9. The van der Waals surface area contributed by atoms with E-state index in [1.807, 2.05) is 0 Å². The quantitative estimate of drug-likeness (QED) is 0.443. The zero-order valence-corrected chi connectivity index (χ0v) is 9.17. The number of amides is 1. The molecule has 0 radical (unpaired) electrons. The van der Waals surface area contributed by atoms with E-state index in [4.69, 9.17) is 0 Å². The van der Waals surface area contributed by atoms with Gasteiger partial charge in [-0.1, -0.05) is 6.08 Å². The largest absolute Gasteiger partial charge is 0.307 e. The Morgan fingerprint density at radius 3 is 2.83 bits per heavy atom. The number of nitrogens with zero attached hydrogens (tertiary/aromatic N) is 3. The van der Waals surface area contributed by atoms with Gasteiger partial charge in [0.15, 0.2) is 0 Å². The first kappa shape index (κ1) is 12.0. The molecule has 6 nitrogen and oxygen atoms in total. The molecule has 0 saturated heterocycles. The summed E-state index contributed by atoms with van der Waals surface area (Å²) in [6.07, 6.45) is 1.79. The van der Waals surface area contributed by atoms with E-state index < -0.39 is 28.4 Å². The van der Waals surface area contributed by atoms with Gasteiger partial charge in [0, 0.05) is 12.1 Å². The third-order valence-electron chi connectivity index (χ3n) is 2.44. The van der Waals surface area contributed by atoms with Crippen molar-refractivity contribution in [1.82, 2.24) is 0 Å². The lowest BCUT2D eigenvalue weighted by atomic mass is 10.1. The van der Waals surface area contributed by atoms with Gasteiger partial charge in [-0.05, 0) is 6.42 Å². The minimum Gasteiger partial charge on any atom is -0.270 e. The monoisotopic (exact) mass is 249 g/mol. The first-order chi connectivity index (χ1) is 8.52. The van der Waals surface area contributed by atoms with Crippen LogP contribution < -0.4 is 10.7 Å². The summed E-state index contributed by atoms with van der Waals surface area (Å²) >= 11 is 0. The molecule has 1 aliphatic rings. The Hall–Kier alpha value is -2.44. The molecular formula is C11H8FN3O3. The van der Waals surface area contributed by atoms with Gasteiger partial charge in [-0.25, -0.2) is 4.99 Å². The molecule has 1 atom stereocenters. The summed E-state index contributed by atoms with van der Waals surface area (Å²) in [5.41, 5.74) is -0.681. The summed E-state index contributed by atoms with van der Waals surface area (Å²) in [7, 11) is 0. The predicted octanol–water partition coefficient (Wildman–Crippen LogP) is 0.458. The minimum atomic E-state index is -1.03. The van der Waals surface area contributed by atoms with Crippen LogP contribution in [-0.4, -0.2) is 16.9 Å². The maximum atomic E-state index is 13.3. The SMILES string of the molecule is C=CCC1N=c2cc([N+](=O)[O-])c(F)cc2=NC1=O. The van der Waals surface area contributed by atoms with E-state index in [9.17, 15) is 19.3 Å². The highest BCUT2D eigenvalue weighted by Gasteiger charge is 2.21. The minimum absolute atomic E-state index is 0.0170. The molecule has 0 aromatic heterocycles. The van der Waals surface area contributed by atoms with Crippen LogP contribution in [0.5, 0.6) is 0 Å². The number of benzene rings is 1. The summed E-state index contributed by atoms with van der Waals surface area (Å²) in [6, 6.07) is 1.09. The molecule has 18 heavy (non-hydrogen) atoms. The molecule has 1 heterocycles. The van der Waals surface area contributed by atoms with Crippen LogP contribution >= 0.6 is 0 Å². The lowest BCUT2D eigenvalue weighted by Crippen LogP contribution is -2.37. The van der Waals surface area contributed by atoms with Crippen LogP contribution in [0.4, 0.5) is 10.1 Å². The third kappa shape index (κ3) is 2.02. The van der Waals surface area contributed by atoms with E-state index in [1.54, 1.807) is 0 Å². The van der Waals surface area contributed by atoms with Crippen molar-refractivity contribution < 1.29 is 14.1 Å². The highest BCUT2D eigenvalue weighted by atomic mass is 19.1. The second-order valence-electron chi connectivity index (χ2n) is 3.67. The second kappa shape index (κ2) is 4.44.